The number of aromatic nitrogens is 5. The molecule has 4 rings (SSSR count). The summed E-state index contributed by atoms with van der Waals surface area (Å²) in [6, 6.07) is 4.49. The van der Waals surface area contributed by atoms with Gasteiger partial charge in [-0.25, -0.2) is 14.8 Å². The van der Waals surface area contributed by atoms with Crippen molar-refractivity contribution in [1.82, 2.24) is 29.2 Å². The third-order valence-electron chi connectivity index (χ3n) is 4.37. The van der Waals surface area contributed by atoms with E-state index in [1.54, 1.807) is 36.3 Å². The fraction of sp³-hybridized carbons (Fsp3) is 0.158. The average molecular weight is 415 g/mol. The summed E-state index contributed by atoms with van der Waals surface area (Å²) >= 11 is 0. The van der Waals surface area contributed by atoms with Crippen molar-refractivity contribution in [2.75, 3.05) is 11.9 Å². The van der Waals surface area contributed by atoms with Crippen LogP contribution in [0.25, 0.3) is 28.2 Å². The number of rotatable bonds is 4. The van der Waals surface area contributed by atoms with Crippen molar-refractivity contribution in [3.8, 4) is 22.5 Å². The van der Waals surface area contributed by atoms with Crippen molar-refractivity contribution < 1.29 is 18.0 Å². The Hall–Kier alpha value is -3.89. The molecule has 0 fully saturated rings. The second-order valence-corrected chi connectivity index (χ2v) is 6.56. The van der Waals surface area contributed by atoms with Crippen molar-refractivity contribution in [3.63, 3.8) is 0 Å². The van der Waals surface area contributed by atoms with E-state index in [9.17, 15) is 18.0 Å². The molecule has 0 spiro atoms. The third kappa shape index (κ3) is 4.09. The van der Waals surface area contributed by atoms with Gasteiger partial charge in [-0.3, -0.25) is 9.38 Å². The fourth-order valence-corrected chi connectivity index (χ4v) is 2.99. The van der Waals surface area contributed by atoms with Gasteiger partial charge in [0, 0.05) is 30.6 Å². The van der Waals surface area contributed by atoms with Gasteiger partial charge in [-0.2, -0.15) is 13.2 Å². The number of aryl methyl sites for hydroxylation is 1. The van der Waals surface area contributed by atoms with Gasteiger partial charge in [-0.05, 0) is 18.2 Å². The maximum Gasteiger partial charge on any atom is 0.405 e. The maximum absolute atomic E-state index is 12.2. The summed E-state index contributed by atoms with van der Waals surface area (Å²) in [6.07, 6.45) is 5.44. The number of urea groups is 1. The molecule has 30 heavy (non-hydrogen) atoms. The van der Waals surface area contributed by atoms with Crippen molar-refractivity contribution >= 4 is 17.4 Å². The van der Waals surface area contributed by atoms with Gasteiger partial charge in [0.25, 0.3) is 0 Å². The number of amides is 2. The molecule has 0 aromatic carbocycles. The van der Waals surface area contributed by atoms with E-state index < -0.39 is 18.8 Å². The predicted octanol–water partition coefficient (Wildman–Crippen LogP) is 3.48. The molecule has 2 amide bonds. The Bertz CT molecular complexity index is 1210. The van der Waals surface area contributed by atoms with Gasteiger partial charge >= 0.3 is 12.2 Å². The van der Waals surface area contributed by atoms with Gasteiger partial charge in [0.05, 0.1) is 42.0 Å². The lowest BCUT2D eigenvalue weighted by Crippen LogP contribution is -2.36. The zero-order valence-corrected chi connectivity index (χ0v) is 15.7. The van der Waals surface area contributed by atoms with Crippen LogP contribution in [0, 0.1) is 0 Å². The largest absolute Gasteiger partial charge is 0.405 e. The first-order valence-electron chi connectivity index (χ1n) is 8.81. The first-order chi connectivity index (χ1) is 14.3. The minimum atomic E-state index is -4.48. The van der Waals surface area contributed by atoms with E-state index >= 15 is 0 Å². The Balaban J connectivity index is 1.58. The Morgan fingerprint density at radius 3 is 2.63 bits per heavy atom. The number of imidazole rings is 2. The molecule has 4 aromatic rings. The van der Waals surface area contributed by atoms with E-state index in [0.29, 0.717) is 16.9 Å². The molecule has 154 valence electrons. The van der Waals surface area contributed by atoms with Gasteiger partial charge in [-0.15, -0.1) is 0 Å². The third-order valence-corrected chi connectivity index (χ3v) is 4.37. The fourth-order valence-electron chi connectivity index (χ4n) is 2.99. The van der Waals surface area contributed by atoms with Crippen LogP contribution in [0.15, 0.2) is 55.5 Å². The number of hydrogen-bond donors (Lipinski definition) is 2. The van der Waals surface area contributed by atoms with Crippen LogP contribution in [0.4, 0.5) is 23.7 Å². The Labute approximate surface area is 168 Å². The highest BCUT2D eigenvalue weighted by molar-refractivity contribution is 5.89. The summed E-state index contributed by atoms with van der Waals surface area (Å²) in [5.41, 5.74) is 4.21. The van der Waals surface area contributed by atoms with E-state index in [2.05, 4.69) is 20.3 Å². The molecule has 0 aliphatic rings. The van der Waals surface area contributed by atoms with Crippen molar-refractivity contribution in [3.05, 3.63) is 55.5 Å². The van der Waals surface area contributed by atoms with Crippen molar-refractivity contribution in [1.29, 1.82) is 0 Å². The number of fused-ring (bicyclic) bond motifs is 1. The molecule has 0 saturated carbocycles. The molecule has 0 aliphatic carbocycles. The summed E-state index contributed by atoms with van der Waals surface area (Å²) < 4.78 is 40.4. The molecule has 2 N–H and O–H groups in total. The highest BCUT2D eigenvalue weighted by Crippen LogP contribution is 2.26. The number of nitrogens with one attached hydrogen (secondary N) is 2. The molecule has 11 heteroatoms. The molecule has 0 radical (unpaired) electrons. The summed E-state index contributed by atoms with van der Waals surface area (Å²) in [5, 5.41) is 4.10. The average Bonchev–Trinajstić information content (AvgIpc) is 3.31. The number of halogens is 3. The van der Waals surface area contributed by atoms with E-state index in [4.69, 9.17) is 0 Å². The minimum absolute atomic E-state index is 0.258. The molecule has 0 atom stereocenters. The molecule has 0 bridgehead atoms. The SMILES string of the molecule is Cn1cncc1-c1ccn2c(-c3cncc(NC(=O)NCC(F)(F)F)c3)cnc2c1. The van der Waals surface area contributed by atoms with Crippen LogP contribution in [-0.4, -0.2) is 42.7 Å². The standard InChI is InChI=1S/C19H16F3N7O/c1-28-11-24-8-15(28)12-2-3-29-16(9-25-17(29)5-12)13-4-14(7-23-6-13)27-18(30)26-10-19(20,21)22/h2-9,11H,10H2,1H3,(H2,26,27,30). The summed E-state index contributed by atoms with van der Waals surface area (Å²) in [6.45, 7) is -1.42. The van der Waals surface area contributed by atoms with E-state index in [0.717, 1.165) is 11.3 Å². The zero-order chi connectivity index (χ0) is 21.3. The maximum atomic E-state index is 12.2. The minimum Gasteiger partial charge on any atom is -0.334 e. The van der Waals surface area contributed by atoms with Gasteiger partial charge in [-0.1, -0.05) is 0 Å². The van der Waals surface area contributed by atoms with Crippen LogP contribution in [0.1, 0.15) is 0 Å². The highest BCUT2D eigenvalue weighted by Gasteiger charge is 2.27. The number of carbonyl (C=O) groups is 1. The topological polar surface area (TPSA) is 89.1 Å². The van der Waals surface area contributed by atoms with Crippen LogP contribution in [0.2, 0.25) is 0 Å². The summed E-state index contributed by atoms with van der Waals surface area (Å²) in [5.74, 6) is 0. The second kappa shape index (κ2) is 7.50. The van der Waals surface area contributed by atoms with Crippen molar-refractivity contribution in [2.45, 2.75) is 6.18 Å². The molecule has 4 aromatic heterocycles. The Morgan fingerprint density at radius 1 is 1.07 bits per heavy atom. The number of alkyl halides is 3. The molecule has 8 nitrogen and oxygen atoms in total. The predicted molar refractivity (Wildman–Crippen MR) is 104 cm³/mol. The van der Waals surface area contributed by atoms with Crippen molar-refractivity contribution in [2.24, 2.45) is 7.05 Å². The Morgan fingerprint density at radius 2 is 1.90 bits per heavy atom. The molecular formula is C19H16F3N7O. The number of pyridine rings is 2. The molecule has 0 aliphatic heterocycles. The summed E-state index contributed by atoms with van der Waals surface area (Å²) in [4.78, 5) is 24.3. The first-order valence-corrected chi connectivity index (χ1v) is 8.81. The van der Waals surface area contributed by atoms with Gasteiger partial charge < -0.3 is 15.2 Å². The van der Waals surface area contributed by atoms with E-state index in [-0.39, 0.29) is 5.69 Å². The molecule has 0 unspecified atom stereocenters. The number of hydrogen-bond acceptors (Lipinski definition) is 4. The molecular weight excluding hydrogens is 399 g/mol. The zero-order valence-electron chi connectivity index (χ0n) is 15.7. The lowest BCUT2D eigenvalue weighted by molar-refractivity contribution is -0.122. The van der Waals surface area contributed by atoms with E-state index in [1.165, 1.54) is 6.20 Å². The number of nitrogens with zero attached hydrogens (tertiary/aromatic N) is 5. The lowest BCUT2D eigenvalue weighted by Gasteiger charge is -2.10. The highest BCUT2D eigenvalue weighted by atomic mass is 19.4. The van der Waals surface area contributed by atoms with Crippen LogP contribution in [0.3, 0.4) is 0 Å². The normalized spacial score (nSPS) is 11.6. The number of anilines is 1. The smallest absolute Gasteiger partial charge is 0.334 e. The van der Waals surface area contributed by atoms with Crippen LogP contribution >= 0.6 is 0 Å². The molecule has 0 saturated heterocycles. The quantitative estimate of drug-likeness (QED) is 0.534. The number of carbonyl (C=O) groups excluding carboxylic acids is 1. The van der Waals surface area contributed by atoms with Crippen LogP contribution in [0.5, 0.6) is 0 Å². The van der Waals surface area contributed by atoms with E-state index in [1.807, 2.05) is 34.3 Å². The molecule has 4 heterocycles. The monoisotopic (exact) mass is 415 g/mol. The van der Waals surface area contributed by atoms with Gasteiger partial charge in [0.1, 0.15) is 12.2 Å². The van der Waals surface area contributed by atoms with Gasteiger partial charge in [0.2, 0.25) is 0 Å². The lowest BCUT2D eigenvalue weighted by atomic mass is 10.2. The van der Waals surface area contributed by atoms with Crippen LogP contribution in [-0.2, 0) is 7.05 Å². The summed E-state index contributed by atoms with van der Waals surface area (Å²) in [7, 11) is 1.90. The van der Waals surface area contributed by atoms with Crippen LogP contribution < -0.4 is 10.6 Å². The van der Waals surface area contributed by atoms with Gasteiger partial charge in [0.15, 0.2) is 0 Å². The first kappa shape index (κ1) is 19.4. The second-order valence-electron chi connectivity index (χ2n) is 6.56. The Kier molecular flexibility index (Phi) is 4.86.